The monoisotopic (exact) mass is 186 g/mol. The van der Waals surface area contributed by atoms with Crippen molar-refractivity contribution in [3.8, 4) is 0 Å². The number of rotatable bonds is 3. The molecule has 0 saturated carbocycles. The van der Waals surface area contributed by atoms with Gasteiger partial charge in [0.25, 0.3) is 5.91 Å². The van der Waals surface area contributed by atoms with Crippen LogP contribution >= 0.6 is 0 Å². The molecule has 4 N–H and O–H groups in total. The molecule has 0 spiro atoms. The molecule has 0 rings (SSSR count). The lowest BCUT2D eigenvalue weighted by molar-refractivity contribution is -0.138. The predicted molar refractivity (Wildman–Crippen MR) is 43.1 cm³/mol. The Labute approximate surface area is 74.5 Å². The van der Waals surface area contributed by atoms with E-state index in [1.54, 1.807) is 0 Å². The van der Waals surface area contributed by atoms with Gasteiger partial charge in [-0.05, 0) is 6.92 Å². The minimum Gasteiger partial charge on any atom is -0.465 e. The van der Waals surface area contributed by atoms with Gasteiger partial charge in [0.2, 0.25) is 5.91 Å². The van der Waals surface area contributed by atoms with Gasteiger partial charge in [-0.15, -0.1) is 0 Å². The highest BCUT2D eigenvalue weighted by Gasteiger charge is 2.21. The first kappa shape index (κ1) is 11.2. The van der Waals surface area contributed by atoms with E-state index in [2.05, 4.69) is 4.74 Å². The Kier molecular flexibility index (Phi) is 3.64. The zero-order chi connectivity index (χ0) is 10.6. The Hall–Kier alpha value is -1.85. The molecule has 0 aliphatic rings. The van der Waals surface area contributed by atoms with Gasteiger partial charge < -0.3 is 16.2 Å². The van der Waals surface area contributed by atoms with Crippen LogP contribution in [0.5, 0.6) is 0 Å². The van der Waals surface area contributed by atoms with Crippen LogP contribution in [0.4, 0.5) is 0 Å². The summed E-state index contributed by atoms with van der Waals surface area (Å²) < 4.78 is 4.24. The molecular weight excluding hydrogens is 176 g/mol. The maximum Gasteiger partial charge on any atom is 0.343 e. The number of methoxy groups -OCH3 is 1. The van der Waals surface area contributed by atoms with Crippen molar-refractivity contribution in [3.05, 3.63) is 11.1 Å². The van der Waals surface area contributed by atoms with E-state index < -0.39 is 23.4 Å². The van der Waals surface area contributed by atoms with Crippen molar-refractivity contribution >= 4 is 17.8 Å². The number of ether oxygens (including phenoxy) is 1. The molecule has 0 bridgehead atoms. The molecule has 0 unspecified atom stereocenters. The summed E-state index contributed by atoms with van der Waals surface area (Å²) in [6.45, 7) is 1.22. The van der Waals surface area contributed by atoms with Crippen molar-refractivity contribution in [2.24, 2.45) is 11.5 Å². The van der Waals surface area contributed by atoms with Crippen LogP contribution < -0.4 is 11.5 Å². The molecule has 0 radical (unpaired) electrons. The summed E-state index contributed by atoms with van der Waals surface area (Å²) in [6.07, 6.45) is 0. The van der Waals surface area contributed by atoms with Crippen molar-refractivity contribution in [2.75, 3.05) is 7.11 Å². The quantitative estimate of drug-likeness (QED) is 0.240. The zero-order valence-corrected chi connectivity index (χ0v) is 7.29. The number of primary amides is 2. The van der Waals surface area contributed by atoms with E-state index in [4.69, 9.17) is 11.5 Å². The Bertz CT molecular complexity index is 293. The summed E-state index contributed by atoms with van der Waals surface area (Å²) in [5.74, 6) is -2.90. The third-order valence-corrected chi connectivity index (χ3v) is 1.38. The Morgan fingerprint density at radius 1 is 1.08 bits per heavy atom. The molecule has 0 saturated heterocycles. The highest BCUT2D eigenvalue weighted by molar-refractivity contribution is 6.20. The van der Waals surface area contributed by atoms with Gasteiger partial charge in [0, 0.05) is 5.57 Å². The second kappa shape index (κ2) is 4.24. The number of hydrogen-bond acceptors (Lipinski definition) is 4. The standard InChI is InChI=1S/C7H10N2O4/c1-3(5(8)10)4(6(9)11)7(12)13-2/h1-2H3,(H2,8,10)(H2,9,11). The summed E-state index contributed by atoms with van der Waals surface area (Å²) in [5, 5.41) is 0. The minimum absolute atomic E-state index is 0.209. The van der Waals surface area contributed by atoms with Crippen LogP contribution in [-0.2, 0) is 19.1 Å². The fraction of sp³-hybridized carbons (Fsp3) is 0.286. The van der Waals surface area contributed by atoms with Crippen LogP contribution in [0.15, 0.2) is 11.1 Å². The fourth-order valence-corrected chi connectivity index (χ4v) is 0.664. The smallest absolute Gasteiger partial charge is 0.343 e. The van der Waals surface area contributed by atoms with E-state index >= 15 is 0 Å². The van der Waals surface area contributed by atoms with E-state index in [-0.39, 0.29) is 5.57 Å². The number of esters is 1. The number of carbonyl (C=O) groups excluding carboxylic acids is 3. The lowest BCUT2D eigenvalue weighted by Crippen LogP contribution is -2.27. The number of carbonyl (C=O) groups is 3. The highest BCUT2D eigenvalue weighted by Crippen LogP contribution is 2.04. The van der Waals surface area contributed by atoms with E-state index in [1.807, 2.05) is 0 Å². The Balaban J connectivity index is 5.25. The SMILES string of the molecule is COC(=O)C(C(N)=O)=C(C)C(N)=O. The molecule has 6 nitrogen and oxygen atoms in total. The molecule has 72 valence electrons. The summed E-state index contributed by atoms with van der Waals surface area (Å²) >= 11 is 0. The normalized spacial score (nSPS) is 11.5. The minimum atomic E-state index is -1.04. The van der Waals surface area contributed by atoms with Crippen LogP contribution in [0.3, 0.4) is 0 Å². The second-order valence-corrected chi connectivity index (χ2v) is 2.22. The Morgan fingerprint density at radius 3 is 1.77 bits per heavy atom. The van der Waals surface area contributed by atoms with Crippen LogP contribution in [0, 0.1) is 0 Å². The molecule has 0 heterocycles. The van der Waals surface area contributed by atoms with Crippen LogP contribution in [0.2, 0.25) is 0 Å². The molecule has 2 amide bonds. The van der Waals surface area contributed by atoms with Gasteiger partial charge in [-0.1, -0.05) is 0 Å². The first-order valence-corrected chi connectivity index (χ1v) is 3.30. The second-order valence-electron chi connectivity index (χ2n) is 2.22. The Morgan fingerprint density at radius 2 is 1.54 bits per heavy atom. The van der Waals surface area contributed by atoms with Gasteiger partial charge in [-0.3, -0.25) is 9.59 Å². The molecule has 0 aromatic heterocycles. The lowest BCUT2D eigenvalue weighted by Gasteiger charge is -2.03. The van der Waals surface area contributed by atoms with Gasteiger partial charge in [0.15, 0.2) is 0 Å². The van der Waals surface area contributed by atoms with Crippen molar-refractivity contribution in [2.45, 2.75) is 6.92 Å². The summed E-state index contributed by atoms with van der Waals surface area (Å²) in [7, 11) is 1.07. The van der Waals surface area contributed by atoms with E-state index in [0.29, 0.717) is 0 Å². The lowest BCUT2D eigenvalue weighted by atomic mass is 10.1. The average Bonchev–Trinajstić information content (AvgIpc) is 2.03. The zero-order valence-electron chi connectivity index (χ0n) is 7.29. The molecule has 0 aliphatic carbocycles. The molecule has 0 aliphatic heterocycles. The first-order chi connectivity index (χ1) is 5.91. The largest absolute Gasteiger partial charge is 0.465 e. The number of nitrogens with two attached hydrogens (primary N) is 2. The number of amides is 2. The molecule has 0 fully saturated rings. The van der Waals surface area contributed by atoms with Gasteiger partial charge in [0.1, 0.15) is 5.57 Å². The van der Waals surface area contributed by atoms with Crippen LogP contribution in [-0.4, -0.2) is 24.9 Å². The van der Waals surface area contributed by atoms with Gasteiger partial charge >= 0.3 is 5.97 Å². The van der Waals surface area contributed by atoms with Gasteiger partial charge in [-0.2, -0.15) is 0 Å². The van der Waals surface area contributed by atoms with Crippen molar-refractivity contribution in [1.29, 1.82) is 0 Å². The van der Waals surface area contributed by atoms with Crippen molar-refractivity contribution in [3.63, 3.8) is 0 Å². The van der Waals surface area contributed by atoms with E-state index in [1.165, 1.54) is 6.92 Å². The fourth-order valence-electron chi connectivity index (χ4n) is 0.664. The van der Waals surface area contributed by atoms with Crippen LogP contribution in [0.1, 0.15) is 6.92 Å². The predicted octanol–water partition coefficient (Wildman–Crippen LogP) is -1.55. The number of hydrogen-bond donors (Lipinski definition) is 2. The highest BCUT2D eigenvalue weighted by atomic mass is 16.5. The summed E-state index contributed by atoms with van der Waals surface area (Å²) in [6, 6.07) is 0. The third-order valence-electron chi connectivity index (χ3n) is 1.38. The van der Waals surface area contributed by atoms with Crippen molar-refractivity contribution in [1.82, 2.24) is 0 Å². The molecular formula is C7H10N2O4. The maximum absolute atomic E-state index is 10.9. The van der Waals surface area contributed by atoms with Crippen molar-refractivity contribution < 1.29 is 19.1 Å². The summed E-state index contributed by atoms with van der Waals surface area (Å²) in [5.41, 5.74) is 8.97. The van der Waals surface area contributed by atoms with Gasteiger partial charge in [-0.25, -0.2) is 4.79 Å². The molecule has 13 heavy (non-hydrogen) atoms. The van der Waals surface area contributed by atoms with Gasteiger partial charge in [0.05, 0.1) is 7.11 Å². The topological polar surface area (TPSA) is 112 Å². The van der Waals surface area contributed by atoms with E-state index in [9.17, 15) is 14.4 Å². The summed E-state index contributed by atoms with van der Waals surface area (Å²) in [4.78, 5) is 32.2. The van der Waals surface area contributed by atoms with E-state index in [0.717, 1.165) is 7.11 Å². The molecule has 6 heteroatoms. The molecule has 0 aromatic rings. The maximum atomic E-state index is 10.9. The third kappa shape index (κ3) is 2.58. The average molecular weight is 186 g/mol. The first-order valence-electron chi connectivity index (χ1n) is 3.30. The van der Waals surface area contributed by atoms with Crippen LogP contribution in [0.25, 0.3) is 0 Å². The molecule has 0 aromatic carbocycles. The molecule has 0 atom stereocenters.